The first-order chi connectivity index (χ1) is 13.5. The summed E-state index contributed by atoms with van der Waals surface area (Å²) in [7, 11) is 1.60. The second-order valence-electron chi connectivity index (χ2n) is 7.65. The van der Waals surface area contributed by atoms with E-state index >= 15 is 0 Å². The lowest BCUT2D eigenvalue weighted by molar-refractivity contribution is -0.384. The minimum atomic E-state index is -0.502. The van der Waals surface area contributed by atoms with Crippen LogP contribution in [-0.4, -0.2) is 47.8 Å². The van der Waals surface area contributed by atoms with Crippen LogP contribution in [-0.2, 0) is 4.79 Å². The number of carbonyl (C=O) groups is 2. The molecule has 1 aromatic carbocycles. The van der Waals surface area contributed by atoms with Crippen LogP contribution in [0.1, 0.15) is 55.3 Å². The van der Waals surface area contributed by atoms with Gasteiger partial charge in [-0.25, -0.2) is 0 Å². The number of hydrogen-bond acceptors (Lipinski definition) is 5. The van der Waals surface area contributed by atoms with E-state index in [0.717, 1.165) is 25.7 Å². The lowest BCUT2D eigenvalue weighted by Crippen LogP contribution is -2.48. The highest BCUT2D eigenvalue weighted by Gasteiger charge is 2.29. The molecule has 2 amide bonds. The number of piperidine rings is 1. The number of rotatable bonds is 5. The van der Waals surface area contributed by atoms with E-state index in [4.69, 9.17) is 0 Å². The zero-order valence-electron chi connectivity index (χ0n) is 16.3. The van der Waals surface area contributed by atoms with Crippen LogP contribution in [0.2, 0.25) is 0 Å². The quantitative estimate of drug-likeness (QED) is 0.596. The van der Waals surface area contributed by atoms with Gasteiger partial charge in [0, 0.05) is 43.7 Å². The van der Waals surface area contributed by atoms with Gasteiger partial charge < -0.3 is 15.5 Å². The summed E-state index contributed by atoms with van der Waals surface area (Å²) in [5, 5.41) is 16.9. The number of amides is 2. The van der Waals surface area contributed by atoms with Crippen molar-refractivity contribution in [1.82, 2.24) is 10.2 Å². The molecule has 2 aliphatic rings. The largest absolute Gasteiger partial charge is 0.383 e. The maximum atomic E-state index is 12.6. The number of nitrogens with one attached hydrogen (secondary N) is 2. The summed E-state index contributed by atoms with van der Waals surface area (Å²) in [5.74, 6) is 0.122. The predicted molar refractivity (Wildman–Crippen MR) is 106 cm³/mol. The lowest BCUT2D eigenvalue weighted by Gasteiger charge is -2.35. The van der Waals surface area contributed by atoms with E-state index in [0.29, 0.717) is 31.6 Å². The molecule has 1 heterocycles. The molecule has 8 nitrogen and oxygen atoms in total. The molecule has 0 bridgehead atoms. The van der Waals surface area contributed by atoms with E-state index < -0.39 is 4.92 Å². The molecule has 8 heteroatoms. The maximum Gasteiger partial charge on any atom is 0.293 e. The Morgan fingerprint density at radius 2 is 1.79 bits per heavy atom. The molecule has 0 aromatic heterocycles. The third-order valence-corrected chi connectivity index (χ3v) is 5.82. The first-order valence-electron chi connectivity index (χ1n) is 10.1. The zero-order valence-corrected chi connectivity index (χ0v) is 16.3. The molecule has 0 unspecified atom stereocenters. The number of nitro groups is 1. The highest BCUT2D eigenvalue weighted by molar-refractivity contribution is 5.96. The molecule has 0 spiro atoms. The summed E-state index contributed by atoms with van der Waals surface area (Å²) in [5.41, 5.74) is 0.519. The Balaban J connectivity index is 1.54. The zero-order chi connectivity index (χ0) is 20.1. The molecule has 0 radical (unpaired) electrons. The minimum Gasteiger partial charge on any atom is -0.383 e. The third-order valence-electron chi connectivity index (χ3n) is 5.82. The molecule has 0 atom stereocenters. The first kappa shape index (κ1) is 20.1. The molecule has 1 aliphatic carbocycles. The van der Waals surface area contributed by atoms with Gasteiger partial charge in [0.1, 0.15) is 5.69 Å². The number of benzene rings is 1. The van der Waals surface area contributed by atoms with Crippen molar-refractivity contribution in [2.24, 2.45) is 5.92 Å². The van der Waals surface area contributed by atoms with Gasteiger partial charge in [0.15, 0.2) is 0 Å². The molecular formula is C20H28N4O4. The number of likely N-dealkylation sites (tertiary alicyclic amines) is 1. The second-order valence-corrected chi connectivity index (χ2v) is 7.65. The average molecular weight is 388 g/mol. The summed E-state index contributed by atoms with van der Waals surface area (Å²) >= 11 is 0. The van der Waals surface area contributed by atoms with Crippen LogP contribution in [0.15, 0.2) is 18.2 Å². The van der Waals surface area contributed by atoms with E-state index in [9.17, 15) is 19.7 Å². The van der Waals surface area contributed by atoms with Gasteiger partial charge in [-0.15, -0.1) is 0 Å². The smallest absolute Gasteiger partial charge is 0.293 e. The number of anilines is 1. The predicted octanol–water partition coefficient (Wildman–Crippen LogP) is 2.94. The van der Waals surface area contributed by atoms with Crippen LogP contribution in [0.25, 0.3) is 0 Å². The van der Waals surface area contributed by atoms with Gasteiger partial charge in [-0.2, -0.15) is 0 Å². The van der Waals surface area contributed by atoms with Crippen molar-refractivity contribution >= 4 is 23.2 Å². The Morgan fingerprint density at radius 1 is 1.11 bits per heavy atom. The molecule has 3 rings (SSSR count). The fraction of sp³-hybridized carbons (Fsp3) is 0.600. The molecule has 1 aromatic rings. The molecule has 152 valence electrons. The van der Waals surface area contributed by atoms with Crippen molar-refractivity contribution < 1.29 is 14.5 Å². The van der Waals surface area contributed by atoms with Gasteiger partial charge >= 0.3 is 0 Å². The molecule has 1 aliphatic heterocycles. The summed E-state index contributed by atoms with van der Waals surface area (Å²) in [4.78, 5) is 37.8. The van der Waals surface area contributed by atoms with Crippen LogP contribution < -0.4 is 10.6 Å². The van der Waals surface area contributed by atoms with Gasteiger partial charge in [-0.05, 0) is 37.8 Å². The summed E-state index contributed by atoms with van der Waals surface area (Å²) in [6, 6.07) is 4.39. The highest BCUT2D eigenvalue weighted by Crippen LogP contribution is 2.27. The van der Waals surface area contributed by atoms with Gasteiger partial charge in [0.2, 0.25) is 5.91 Å². The fourth-order valence-corrected chi connectivity index (χ4v) is 4.16. The normalized spacial score (nSPS) is 18.5. The van der Waals surface area contributed by atoms with Crippen molar-refractivity contribution in [3.8, 4) is 0 Å². The van der Waals surface area contributed by atoms with E-state index in [1.54, 1.807) is 19.2 Å². The Bertz CT molecular complexity index is 738. The highest BCUT2D eigenvalue weighted by atomic mass is 16.6. The Kier molecular flexibility index (Phi) is 6.49. The van der Waals surface area contributed by atoms with E-state index in [2.05, 4.69) is 10.6 Å². The third kappa shape index (κ3) is 4.61. The van der Waals surface area contributed by atoms with Crippen molar-refractivity contribution in [2.45, 2.75) is 51.0 Å². The summed E-state index contributed by atoms with van der Waals surface area (Å²) in [6.45, 7) is 1.30. The van der Waals surface area contributed by atoms with Crippen LogP contribution in [0.5, 0.6) is 0 Å². The summed E-state index contributed by atoms with van der Waals surface area (Å²) < 4.78 is 0. The molecule has 1 saturated carbocycles. The topological polar surface area (TPSA) is 105 Å². The van der Waals surface area contributed by atoms with Gasteiger partial charge in [0.05, 0.1) is 4.92 Å². The SMILES string of the molecule is CNc1ccc(C(=O)NC2CCN(C(=O)C3CCCCC3)CC2)cc1[N+](=O)[O-]. The van der Waals surface area contributed by atoms with Crippen molar-refractivity contribution in [2.75, 3.05) is 25.5 Å². The van der Waals surface area contributed by atoms with Crippen LogP contribution in [0.4, 0.5) is 11.4 Å². The Labute approximate surface area is 164 Å². The van der Waals surface area contributed by atoms with E-state index in [1.807, 2.05) is 4.90 Å². The molecule has 1 saturated heterocycles. The van der Waals surface area contributed by atoms with Gasteiger partial charge in [0.25, 0.3) is 11.6 Å². The molecule has 2 N–H and O–H groups in total. The van der Waals surface area contributed by atoms with Crippen molar-refractivity contribution in [3.05, 3.63) is 33.9 Å². The number of nitro benzene ring substituents is 1. The molecular weight excluding hydrogens is 360 g/mol. The van der Waals surface area contributed by atoms with Crippen molar-refractivity contribution in [1.29, 1.82) is 0 Å². The van der Waals surface area contributed by atoms with Crippen LogP contribution in [0.3, 0.4) is 0 Å². The number of carbonyl (C=O) groups excluding carboxylic acids is 2. The minimum absolute atomic E-state index is 0.0223. The molecule has 28 heavy (non-hydrogen) atoms. The number of nitrogens with zero attached hydrogens (tertiary/aromatic N) is 2. The van der Waals surface area contributed by atoms with E-state index in [-0.39, 0.29) is 35.0 Å². The van der Waals surface area contributed by atoms with E-state index in [1.165, 1.54) is 12.5 Å². The second kappa shape index (κ2) is 9.03. The Hall–Kier alpha value is -2.64. The van der Waals surface area contributed by atoms with Crippen molar-refractivity contribution in [3.63, 3.8) is 0 Å². The molecule has 2 fully saturated rings. The average Bonchev–Trinajstić information content (AvgIpc) is 2.73. The van der Waals surface area contributed by atoms with Crippen LogP contribution >= 0.6 is 0 Å². The Morgan fingerprint density at radius 3 is 2.39 bits per heavy atom. The standard InChI is InChI=1S/C20H28N4O4/c1-21-17-8-7-15(13-18(17)24(27)28)19(25)22-16-9-11-23(12-10-16)20(26)14-5-3-2-4-6-14/h7-8,13-14,16,21H,2-6,9-12H2,1H3,(H,22,25). The van der Waals surface area contributed by atoms with Gasteiger partial charge in [-0.3, -0.25) is 19.7 Å². The fourth-order valence-electron chi connectivity index (χ4n) is 4.16. The maximum absolute atomic E-state index is 12.6. The van der Waals surface area contributed by atoms with Gasteiger partial charge in [-0.1, -0.05) is 19.3 Å². The first-order valence-corrected chi connectivity index (χ1v) is 10.1. The monoisotopic (exact) mass is 388 g/mol. The number of hydrogen-bond donors (Lipinski definition) is 2. The lowest BCUT2D eigenvalue weighted by atomic mass is 9.87. The summed E-state index contributed by atoms with van der Waals surface area (Å²) in [6.07, 6.45) is 6.92. The van der Waals surface area contributed by atoms with Crippen LogP contribution in [0, 0.1) is 16.0 Å².